The van der Waals surface area contributed by atoms with Crippen LogP contribution in [0.15, 0.2) is 35.2 Å². The maximum Gasteiger partial charge on any atom is 0.306 e. The zero-order valence-corrected chi connectivity index (χ0v) is 11.3. The molecule has 0 heterocycles. The van der Waals surface area contributed by atoms with Gasteiger partial charge in [-0.1, -0.05) is 31.5 Å². The summed E-state index contributed by atoms with van der Waals surface area (Å²) in [4.78, 5) is 12.7. The first-order chi connectivity index (χ1) is 8.26. The third-order valence-corrected chi connectivity index (χ3v) is 3.64. The lowest BCUT2D eigenvalue weighted by atomic mass is 10.2. The minimum Gasteiger partial charge on any atom is -0.466 e. The van der Waals surface area contributed by atoms with Crippen molar-refractivity contribution in [3.8, 4) is 0 Å². The molecule has 0 saturated carbocycles. The molecular formula is C14H20O2S. The second-order valence-electron chi connectivity index (χ2n) is 3.85. The summed E-state index contributed by atoms with van der Waals surface area (Å²) in [6.45, 7) is 4.45. The summed E-state index contributed by atoms with van der Waals surface area (Å²) in [6.07, 6.45) is 2.63. The molecule has 0 aliphatic heterocycles. The number of carbonyl (C=O) groups excluding carboxylic acids is 1. The summed E-state index contributed by atoms with van der Waals surface area (Å²) < 4.78 is 5.00. The van der Waals surface area contributed by atoms with Crippen molar-refractivity contribution in [2.24, 2.45) is 0 Å². The molecule has 0 radical (unpaired) electrons. The molecule has 0 aliphatic rings. The monoisotopic (exact) mass is 252 g/mol. The van der Waals surface area contributed by atoms with E-state index in [-0.39, 0.29) is 5.97 Å². The fraction of sp³-hybridized carbons (Fsp3) is 0.500. The number of hydrogen-bond donors (Lipinski definition) is 0. The van der Waals surface area contributed by atoms with E-state index in [9.17, 15) is 4.79 Å². The Morgan fingerprint density at radius 1 is 1.29 bits per heavy atom. The van der Waals surface area contributed by atoms with Crippen molar-refractivity contribution in [2.45, 2.75) is 43.3 Å². The SMILES string of the molecule is CCCC(CC(=O)OCC)Sc1ccccc1. The topological polar surface area (TPSA) is 26.3 Å². The van der Waals surface area contributed by atoms with Crippen LogP contribution in [0, 0.1) is 0 Å². The van der Waals surface area contributed by atoms with Crippen LogP contribution in [0.4, 0.5) is 0 Å². The fourth-order valence-corrected chi connectivity index (χ4v) is 2.89. The molecule has 17 heavy (non-hydrogen) atoms. The van der Waals surface area contributed by atoms with Gasteiger partial charge in [0.05, 0.1) is 13.0 Å². The van der Waals surface area contributed by atoms with E-state index < -0.39 is 0 Å². The molecule has 0 bridgehead atoms. The smallest absolute Gasteiger partial charge is 0.306 e. The highest BCUT2D eigenvalue weighted by molar-refractivity contribution is 8.00. The molecule has 1 rings (SSSR count). The van der Waals surface area contributed by atoms with Crippen molar-refractivity contribution in [2.75, 3.05) is 6.61 Å². The van der Waals surface area contributed by atoms with Crippen LogP contribution in [-0.4, -0.2) is 17.8 Å². The molecule has 2 nitrogen and oxygen atoms in total. The van der Waals surface area contributed by atoms with E-state index in [2.05, 4.69) is 19.1 Å². The molecule has 0 spiro atoms. The molecule has 0 aliphatic carbocycles. The molecule has 1 aromatic carbocycles. The number of ether oxygens (including phenoxy) is 1. The van der Waals surface area contributed by atoms with E-state index in [0.29, 0.717) is 18.3 Å². The Kier molecular flexibility index (Phi) is 6.78. The van der Waals surface area contributed by atoms with E-state index in [0.717, 1.165) is 12.8 Å². The standard InChI is InChI=1S/C14H20O2S/c1-3-8-13(11-14(15)16-4-2)17-12-9-6-5-7-10-12/h5-7,9-10,13H,3-4,8,11H2,1-2H3. The average molecular weight is 252 g/mol. The first kappa shape index (κ1) is 14.1. The molecule has 0 aromatic heterocycles. The maximum absolute atomic E-state index is 11.5. The Morgan fingerprint density at radius 3 is 2.59 bits per heavy atom. The Bertz CT molecular complexity index is 324. The maximum atomic E-state index is 11.5. The summed E-state index contributed by atoms with van der Waals surface area (Å²) in [5, 5.41) is 0.321. The van der Waals surface area contributed by atoms with Crippen molar-refractivity contribution in [1.82, 2.24) is 0 Å². The Hall–Kier alpha value is -0.960. The van der Waals surface area contributed by atoms with Crippen molar-refractivity contribution in [1.29, 1.82) is 0 Å². The second kappa shape index (κ2) is 8.18. The Balaban J connectivity index is 2.51. The second-order valence-corrected chi connectivity index (χ2v) is 5.22. The molecule has 0 amide bonds. The normalized spacial score (nSPS) is 12.1. The number of esters is 1. The Morgan fingerprint density at radius 2 is 2.00 bits per heavy atom. The van der Waals surface area contributed by atoms with Crippen molar-refractivity contribution in [3.63, 3.8) is 0 Å². The predicted octanol–water partition coefficient (Wildman–Crippen LogP) is 3.90. The van der Waals surface area contributed by atoms with Gasteiger partial charge < -0.3 is 4.74 Å². The molecular weight excluding hydrogens is 232 g/mol. The van der Waals surface area contributed by atoms with Gasteiger partial charge in [-0.3, -0.25) is 4.79 Å². The summed E-state index contributed by atoms with van der Waals surface area (Å²) in [5.74, 6) is -0.0885. The van der Waals surface area contributed by atoms with Crippen LogP contribution in [0.25, 0.3) is 0 Å². The van der Waals surface area contributed by atoms with Crippen LogP contribution in [0.2, 0.25) is 0 Å². The highest BCUT2D eigenvalue weighted by Gasteiger charge is 2.15. The lowest BCUT2D eigenvalue weighted by Crippen LogP contribution is -2.13. The van der Waals surface area contributed by atoms with Crippen LogP contribution >= 0.6 is 11.8 Å². The van der Waals surface area contributed by atoms with E-state index in [1.807, 2.05) is 25.1 Å². The number of carbonyl (C=O) groups is 1. The highest BCUT2D eigenvalue weighted by atomic mass is 32.2. The Labute approximate surface area is 108 Å². The van der Waals surface area contributed by atoms with E-state index in [1.54, 1.807) is 11.8 Å². The summed E-state index contributed by atoms with van der Waals surface area (Å²) in [7, 11) is 0. The van der Waals surface area contributed by atoms with Gasteiger partial charge >= 0.3 is 5.97 Å². The van der Waals surface area contributed by atoms with Gasteiger partial charge in [0.25, 0.3) is 0 Å². The predicted molar refractivity (Wildman–Crippen MR) is 72.2 cm³/mol. The lowest BCUT2D eigenvalue weighted by molar-refractivity contribution is -0.143. The molecule has 3 heteroatoms. The molecule has 1 atom stereocenters. The first-order valence-corrected chi connectivity index (χ1v) is 7.01. The van der Waals surface area contributed by atoms with Crippen LogP contribution < -0.4 is 0 Å². The van der Waals surface area contributed by atoms with Crippen molar-refractivity contribution >= 4 is 17.7 Å². The fourth-order valence-electron chi connectivity index (χ4n) is 1.62. The largest absolute Gasteiger partial charge is 0.466 e. The molecule has 1 aromatic rings. The third-order valence-electron chi connectivity index (χ3n) is 2.36. The molecule has 0 N–H and O–H groups in total. The van der Waals surface area contributed by atoms with Crippen LogP contribution in [-0.2, 0) is 9.53 Å². The summed E-state index contributed by atoms with van der Waals surface area (Å²) in [6, 6.07) is 10.2. The minimum absolute atomic E-state index is 0.0885. The zero-order chi connectivity index (χ0) is 12.5. The summed E-state index contributed by atoms with van der Waals surface area (Å²) >= 11 is 1.77. The van der Waals surface area contributed by atoms with Crippen LogP contribution in [0.3, 0.4) is 0 Å². The average Bonchev–Trinajstić information content (AvgIpc) is 2.31. The van der Waals surface area contributed by atoms with E-state index in [1.165, 1.54) is 4.90 Å². The molecule has 0 saturated heterocycles. The highest BCUT2D eigenvalue weighted by Crippen LogP contribution is 2.28. The quantitative estimate of drug-likeness (QED) is 0.544. The minimum atomic E-state index is -0.0885. The number of rotatable bonds is 7. The number of benzene rings is 1. The van der Waals surface area contributed by atoms with Gasteiger partial charge in [0.2, 0.25) is 0 Å². The lowest BCUT2D eigenvalue weighted by Gasteiger charge is -2.14. The number of hydrogen-bond acceptors (Lipinski definition) is 3. The van der Waals surface area contributed by atoms with Crippen molar-refractivity contribution in [3.05, 3.63) is 30.3 Å². The van der Waals surface area contributed by atoms with Crippen LogP contribution in [0.5, 0.6) is 0 Å². The van der Waals surface area contributed by atoms with Crippen LogP contribution in [0.1, 0.15) is 33.1 Å². The van der Waals surface area contributed by atoms with Gasteiger partial charge in [0, 0.05) is 10.1 Å². The van der Waals surface area contributed by atoms with Gasteiger partial charge in [0.1, 0.15) is 0 Å². The van der Waals surface area contributed by atoms with Crippen molar-refractivity contribution < 1.29 is 9.53 Å². The van der Waals surface area contributed by atoms with Gasteiger partial charge in [-0.15, -0.1) is 11.8 Å². The van der Waals surface area contributed by atoms with Gasteiger partial charge in [-0.25, -0.2) is 0 Å². The van der Waals surface area contributed by atoms with Gasteiger partial charge in [-0.05, 0) is 25.5 Å². The zero-order valence-electron chi connectivity index (χ0n) is 10.5. The molecule has 0 fully saturated rings. The van der Waals surface area contributed by atoms with E-state index in [4.69, 9.17) is 4.74 Å². The first-order valence-electron chi connectivity index (χ1n) is 6.13. The summed E-state index contributed by atoms with van der Waals surface area (Å²) in [5.41, 5.74) is 0. The molecule has 1 unspecified atom stereocenters. The van der Waals surface area contributed by atoms with E-state index >= 15 is 0 Å². The number of thioether (sulfide) groups is 1. The van der Waals surface area contributed by atoms with Gasteiger partial charge in [-0.2, -0.15) is 0 Å². The molecule has 94 valence electrons. The van der Waals surface area contributed by atoms with Gasteiger partial charge in [0.15, 0.2) is 0 Å². The third kappa shape index (κ3) is 5.78.